The van der Waals surface area contributed by atoms with Crippen molar-refractivity contribution in [2.24, 2.45) is 5.92 Å². The number of hydrogen-bond donors (Lipinski definition) is 1. The Hall–Kier alpha value is -2.50. The predicted octanol–water partition coefficient (Wildman–Crippen LogP) is 4.37. The van der Waals surface area contributed by atoms with Gasteiger partial charge in [0.1, 0.15) is 5.82 Å². The molecule has 0 saturated carbocycles. The molecule has 0 bridgehead atoms. The van der Waals surface area contributed by atoms with Crippen molar-refractivity contribution in [1.29, 1.82) is 0 Å². The topological polar surface area (TPSA) is 69.7 Å². The van der Waals surface area contributed by atoms with E-state index < -0.39 is 38.4 Å². The quantitative estimate of drug-likeness (QED) is 0.567. The van der Waals surface area contributed by atoms with Crippen LogP contribution in [0, 0.1) is 11.7 Å². The summed E-state index contributed by atoms with van der Waals surface area (Å²) in [6, 6.07) is 9.16. The van der Waals surface area contributed by atoms with Crippen molar-refractivity contribution in [2.75, 3.05) is 13.1 Å². The molecule has 0 aromatic heterocycles. The van der Waals surface area contributed by atoms with Crippen LogP contribution < -0.4 is 5.32 Å². The van der Waals surface area contributed by atoms with E-state index in [1.807, 2.05) is 13.8 Å². The monoisotopic (exact) mass is 527 g/mol. The van der Waals surface area contributed by atoms with Crippen LogP contribution in [0.25, 0.3) is 0 Å². The van der Waals surface area contributed by atoms with Crippen LogP contribution in [0.4, 0.5) is 17.6 Å². The Labute approximate surface area is 208 Å². The zero-order valence-electron chi connectivity index (χ0n) is 20.1. The van der Waals surface area contributed by atoms with Gasteiger partial charge in [-0.15, -0.1) is 0 Å². The first kappa shape index (κ1) is 26.6. The van der Waals surface area contributed by atoms with E-state index in [0.29, 0.717) is 6.07 Å². The van der Waals surface area contributed by atoms with Gasteiger partial charge in [-0.1, -0.05) is 38.5 Å². The zero-order valence-corrected chi connectivity index (χ0v) is 20.9. The Balaban J connectivity index is 1.58. The van der Waals surface area contributed by atoms with Gasteiger partial charge >= 0.3 is 6.18 Å². The van der Waals surface area contributed by atoms with E-state index in [1.165, 1.54) is 16.4 Å². The second-order valence-electron chi connectivity index (χ2n) is 9.52. The highest BCUT2D eigenvalue weighted by atomic mass is 32.2. The number of alkyl halides is 3. The van der Waals surface area contributed by atoms with Gasteiger partial charge in [0.15, 0.2) is 0 Å². The molecule has 36 heavy (non-hydrogen) atoms. The highest BCUT2D eigenvalue weighted by Crippen LogP contribution is 2.38. The number of rotatable bonds is 6. The van der Waals surface area contributed by atoms with Crippen LogP contribution in [0.1, 0.15) is 44.2 Å². The molecule has 0 unspecified atom stereocenters. The van der Waals surface area contributed by atoms with Crippen molar-refractivity contribution in [2.45, 2.75) is 62.4 Å². The summed E-state index contributed by atoms with van der Waals surface area (Å²) in [4.78, 5) is 14.7. The summed E-state index contributed by atoms with van der Waals surface area (Å²) in [6.45, 7) is 4.26. The maximum Gasteiger partial charge on any atom is 0.416 e. The first-order valence-electron chi connectivity index (χ1n) is 11.9. The number of amides is 1. The minimum absolute atomic E-state index is 0.0337. The number of halogens is 4. The second kappa shape index (κ2) is 9.75. The lowest BCUT2D eigenvalue weighted by molar-refractivity contribution is -0.137. The van der Waals surface area contributed by atoms with Gasteiger partial charge in [0.2, 0.25) is 15.9 Å². The van der Waals surface area contributed by atoms with Gasteiger partial charge in [-0.05, 0) is 54.7 Å². The predicted molar refractivity (Wildman–Crippen MR) is 125 cm³/mol. The first-order chi connectivity index (χ1) is 16.9. The van der Waals surface area contributed by atoms with Crippen molar-refractivity contribution >= 4 is 15.9 Å². The summed E-state index contributed by atoms with van der Waals surface area (Å²) in [6.07, 6.45) is -3.35. The molecular formula is C25H29F4N3O3S. The molecule has 6 nitrogen and oxygen atoms in total. The highest BCUT2D eigenvalue weighted by Gasteiger charge is 2.53. The fraction of sp³-hybridized carbons (Fsp3) is 0.480. The summed E-state index contributed by atoms with van der Waals surface area (Å²) >= 11 is 0. The van der Waals surface area contributed by atoms with E-state index in [-0.39, 0.29) is 50.1 Å². The Kier molecular flexibility index (Phi) is 7.20. The molecule has 2 saturated heterocycles. The highest BCUT2D eigenvalue weighted by molar-refractivity contribution is 7.89. The van der Waals surface area contributed by atoms with Crippen LogP contribution in [0.3, 0.4) is 0 Å². The molecule has 196 valence electrons. The van der Waals surface area contributed by atoms with Crippen LogP contribution >= 0.6 is 0 Å². The van der Waals surface area contributed by atoms with Crippen molar-refractivity contribution in [3.8, 4) is 0 Å². The zero-order chi connectivity index (χ0) is 26.3. The summed E-state index contributed by atoms with van der Waals surface area (Å²) in [7, 11) is -4.16. The van der Waals surface area contributed by atoms with Gasteiger partial charge < -0.3 is 4.90 Å². The number of nitrogens with one attached hydrogen (secondary N) is 1. The van der Waals surface area contributed by atoms with E-state index in [2.05, 4.69) is 5.32 Å². The van der Waals surface area contributed by atoms with Gasteiger partial charge in [0.25, 0.3) is 0 Å². The molecular weight excluding hydrogens is 498 g/mol. The maximum atomic E-state index is 13.4. The Morgan fingerprint density at radius 3 is 2.33 bits per heavy atom. The maximum absolute atomic E-state index is 13.4. The van der Waals surface area contributed by atoms with Crippen LogP contribution in [0.15, 0.2) is 53.4 Å². The molecule has 2 aromatic carbocycles. The molecule has 1 N–H and O–H groups in total. The number of carbonyl (C=O) groups is 1. The molecule has 2 fully saturated rings. The van der Waals surface area contributed by atoms with Crippen molar-refractivity contribution < 1.29 is 30.8 Å². The number of carbonyl (C=O) groups excluding carboxylic acids is 1. The van der Waals surface area contributed by atoms with E-state index in [4.69, 9.17) is 0 Å². The molecule has 11 heteroatoms. The third kappa shape index (κ3) is 5.01. The third-order valence-corrected chi connectivity index (χ3v) is 9.18. The lowest BCUT2D eigenvalue weighted by Crippen LogP contribution is -2.59. The summed E-state index contributed by atoms with van der Waals surface area (Å²) in [5.41, 5.74) is -1.09. The molecule has 2 aromatic rings. The molecule has 4 rings (SSSR count). The summed E-state index contributed by atoms with van der Waals surface area (Å²) < 4.78 is 80.3. The van der Waals surface area contributed by atoms with E-state index in [9.17, 15) is 30.8 Å². The smallest absolute Gasteiger partial charge is 0.319 e. The van der Waals surface area contributed by atoms with Gasteiger partial charge in [-0.3, -0.25) is 10.1 Å². The molecule has 0 radical (unpaired) electrons. The van der Waals surface area contributed by atoms with Crippen LogP contribution in [0.2, 0.25) is 0 Å². The molecule has 1 amide bonds. The Morgan fingerprint density at radius 2 is 1.75 bits per heavy atom. The molecule has 1 spiro atoms. The number of benzene rings is 2. The lowest BCUT2D eigenvalue weighted by Gasteiger charge is -2.44. The molecule has 2 atom stereocenters. The van der Waals surface area contributed by atoms with Crippen molar-refractivity contribution in [3.63, 3.8) is 0 Å². The minimum atomic E-state index is -4.66. The average molecular weight is 528 g/mol. The second-order valence-corrected chi connectivity index (χ2v) is 11.5. The van der Waals surface area contributed by atoms with E-state index >= 15 is 0 Å². The Bertz CT molecular complexity index is 1210. The van der Waals surface area contributed by atoms with Gasteiger partial charge in [-0.25, -0.2) is 12.8 Å². The number of piperidine rings is 1. The lowest BCUT2D eigenvalue weighted by atomic mass is 9.96. The largest absolute Gasteiger partial charge is 0.416 e. The van der Waals surface area contributed by atoms with Gasteiger partial charge in [-0.2, -0.15) is 17.5 Å². The SMILES string of the molecule is CC[C@H](C)[C@@H]1NC2(CCN(S(=O)(=O)c3cccc(C(F)(F)F)c3)CC2)N(Cc2ccc(F)cc2)C1=O. The standard InChI is InChI=1S/C25H29F4N3O3S/c1-3-17(2)22-23(33)32(16-18-7-9-20(26)10-8-18)24(30-22)11-13-31(14-12-24)36(34,35)21-6-4-5-19(15-21)25(27,28)29/h4-10,15,17,22,30H,3,11-14,16H2,1-2H3/t17-,22-/m0/s1. The third-order valence-electron chi connectivity index (χ3n) is 7.29. The van der Waals surface area contributed by atoms with Crippen molar-refractivity contribution in [3.05, 3.63) is 65.5 Å². The molecule has 0 aliphatic carbocycles. The number of sulfonamides is 1. The normalized spacial score (nSPS) is 21.8. The van der Waals surface area contributed by atoms with E-state index in [0.717, 1.165) is 30.2 Å². The Morgan fingerprint density at radius 1 is 1.11 bits per heavy atom. The average Bonchev–Trinajstić information content (AvgIpc) is 3.11. The molecule has 2 aliphatic rings. The number of hydrogen-bond acceptors (Lipinski definition) is 4. The van der Waals surface area contributed by atoms with Crippen molar-refractivity contribution in [1.82, 2.24) is 14.5 Å². The minimum Gasteiger partial charge on any atom is -0.319 e. The van der Waals surface area contributed by atoms with Crippen LogP contribution in [-0.4, -0.2) is 48.3 Å². The van der Waals surface area contributed by atoms with Gasteiger partial charge in [0, 0.05) is 19.6 Å². The van der Waals surface area contributed by atoms with Crippen LogP contribution in [0.5, 0.6) is 0 Å². The van der Waals surface area contributed by atoms with Crippen LogP contribution in [-0.2, 0) is 27.5 Å². The molecule has 2 aliphatic heterocycles. The number of nitrogens with zero attached hydrogens (tertiary/aromatic N) is 2. The van der Waals surface area contributed by atoms with Gasteiger partial charge in [0.05, 0.1) is 22.2 Å². The summed E-state index contributed by atoms with van der Waals surface area (Å²) in [5.74, 6) is -0.438. The fourth-order valence-electron chi connectivity index (χ4n) is 4.92. The first-order valence-corrected chi connectivity index (χ1v) is 13.3. The van der Waals surface area contributed by atoms with E-state index in [1.54, 1.807) is 17.0 Å². The fourth-order valence-corrected chi connectivity index (χ4v) is 6.41. The molecule has 2 heterocycles. The summed E-state index contributed by atoms with van der Waals surface area (Å²) in [5, 5.41) is 3.46.